The predicted molar refractivity (Wildman–Crippen MR) is 66.9 cm³/mol. The lowest BCUT2D eigenvalue weighted by molar-refractivity contribution is -0.129. The molecule has 7 heteroatoms. The lowest BCUT2D eigenvalue weighted by Gasteiger charge is -2.22. The maximum atomic E-state index is 11.3. The van der Waals surface area contributed by atoms with Crippen LogP contribution in [-0.4, -0.2) is 58.2 Å². The summed E-state index contributed by atoms with van der Waals surface area (Å²) in [4.78, 5) is 22.8. The molecule has 0 bridgehead atoms. The Hall–Kier alpha value is -1.89. The molecule has 1 saturated heterocycles. The molecule has 0 radical (unpaired) electrons. The number of carbonyl (C=O) groups is 1. The van der Waals surface area contributed by atoms with E-state index in [9.17, 15) is 9.90 Å². The molecule has 7 nitrogen and oxygen atoms in total. The van der Waals surface area contributed by atoms with Crippen LogP contribution in [0.1, 0.15) is 6.92 Å². The molecule has 0 saturated carbocycles. The average molecular weight is 251 g/mol. The van der Waals surface area contributed by atoms with E-state index in [2.05, 4.69) is 9.97 Å². The van der Waals surface area contributed by atoms with E-state index >= 15 is 0 Å². The minimum Gasteiger partial charge on any atom is -0.389 e. The molecule has 2 heterocycles. The number of aliphatic hydroxyl groups is 1. The topological polar surface area (TPSA) is 95.6 Å². The summed E-state index contributed by atoms with van der Waals surface area (Å²) in [6.07, 6.45) is 0.991. The van der Waals surface area contributed by atoms with Gasteiger partial charge in [-0.15, -0.1) is 0 Å². The van der Waals surface area contributed by atoms with Crippen LogP contribution in [0.2, 0.25) is 0 Å². The van der Waals surface area contributed by atoms with Crippen molar-refractivity contribution in [2.45, 2.75) is 13.0 Å². The number of nitrogen functional groups attached to an aromatic ring is 1. The normalized spacial score (nSPS) is 20.7. The van der Waals surface area contributed by atoms with Gasteiger partial charge in [-0.25, -0.2) is 4.98 Å². The lowest BCUT2D eigenvalue weighted by Crippen LogP contribution is -2.36. The van der Waals surface area contributed by atoms with E-state index < -0.39 is 6.10 Å². The fourth-order valence-electron chi connectivity index (χ4n) is 2.02. The Kier molecular flexibility index (Phi) is 3.61. The number of aliphatic hydroxyl groups excluding tert-OH is 1. The minimum atomic E-state index is -0.590. The third-order valence-electron chi connectivity index (χ3n) is 2.93. The molecule has 1 atom stereocenters. The molecule has 1 amide bonds. The monoisotopic (exact) mass is 251 g/mol. The van der Waals surface area contributed by atoms with Crippen LogP contribution in [0.5, 0.6) is 0 Å². The first kappa shape index (κ1) is 12.6. The van der Waals surface area contributed by atoms with Gasteiger partial charge in [0.15, 0.2) is 0 Å². The first-order chi connectivity index (χ1) is 8.56. The molecule has 3 N–H and O–H groups in total. The largest absolute Gasteiger partial charge is 0.389 e. The molecule has 1 aromatic rings. The highest BCUT2D eigenvalue weighted by molar-refractivity contribution is 5.73. The quantitative estimate of drug-likeness (QED) is 0.671. The third-order valence-corrected chi connectivity index (χ3v) is 2.93. The van der Waals surface area contributed by atoms with E-state index in [1.807, 2.05) is 4.90 Å². The molecule has 18 heavy (non-hydrogen) atoms. The Morgan fingerprint density at radius 3 is 2.94 bits per heavy atom. The summed E-state index contributed by atoms with van der Waals surface area (Å²) >= 11 is 0. The van der Waals surface area contributed by atoms with E-state index in [1.54, 1.807) is 17.2 Å². The maximum absolute atomic E-state index is 11.3. The zero-order valence-electron chi connectivity index (χ0n) is 10.3. The second-order valence-electron chi connectivity index (χ2n) is 4.34. The first-order valence-corrected chi connectivity index (χ1v) is 5.83. The van der Waals surface area contributed by atoms with Crippen LogP contribution >= 0.6 is 0 Å². The number of nitrogens with zero attached hydrogens (tertiary/aromatic N) is 4. The summed E-state index contributed by atoms with van der Waals surface area (Å²) in [6, 6.07) is 1.74. The van der Waals surface area contributed by atoms with Crippen molar-refractivity contribution in [3.8, 4) is 0 Å². The lowest BCUT2D eigenvalue weighted by atomic mass is 10.3. The van der Waals surface area contributed by atoms with E-state index in [0.29, 0.717) is 32.0 Å². The van der Waals surface area contributed by atoms with Gasteiger partial charge < -0.3 is 20.6 Å². The number of rotatable bonds is 1. The van der Waals surface area contributed by atoms with Gasteiger partial charge in [-0.2, -0.15) is 4.98 Å². The molecule has 0 unspecified atom stereocenters. The number of carbonyl (C=O) groups excluding carboxylic acids is 1. The summed E-state index contributed by atoms with van der Waals surface area (Å²) in [5.74, 6) is 0.847. The van der Waals surface area contributed by atoms with E-state index in [1.165, 1.54) is 6.92 Å². The molecule has 2 rings (SSSR count). The highest BCUT2D eigenvalue weighted by atomic mass is 16.3. The number of hydrogen-bond acceptors (Lipinski definition) is 6. The molecule has 1 fully saturated rings. The second kappa shape index (κ2) is 5.18. The van der Waals surface area contributed by atoms with Crippen molar-refractivity contribution >= 4 is 17.7 Å². The zero-order chi connectivity index (χ0) is 13.1. The summed E-state index contributed by atoms with van der Waals surface area (Å²) in [5, 5.41) is 9.90. The molecule has 0 spiro atoms. The summed E-state index contributed by atoms with van der Waals surface area (Å²) in [6.45, 7) is 3.47. The fraction of sp³-hybridized carbons (Fsp3) is 0.545. The van der Waals surface area contributed by atoms with Crippen molar-refractivity contribution in [1.82, 2.24) is 14.9 Å². The van der Waals surface area contributed by atoms with Crippen LogP contribution in [0.3, 0.4) is 0 Å². The van der Waals surface area contributed by atoms with Gasteiger partial charge in [0.05, 0.1) is 6.10 Å². The van der Waals surface area contributed by atoms with E-state index in [0.717, 1.165) is 0 Å². The number of anilines is 2. The molecule has 0 aromatic carbocycles. The van der Waals surface area contributed by atoms with Crippen molar-refractivity contribution in [2.24, 2.45) is 0 Å². The Labute approximate surface area is 105 Å². The van der Waals surface area contributed by atoms with Crippen molar-refractivity contribution < 1.29 is 9.90 Å². The minimum absolute atomic E-state index is 0.0295. The number of aromatic nitrogens is 2. The Morgan fingerprint density at radius 1 is 1.50 bits per heavy atom. The number of hydrogen-bond donors (Lipinski definition) is 2. The number of amides is 1. The summed E-state index contributed by atoms with van der Waals surface area (Å²) < 4.78 is 0. The van der Waals surface area contributed by atoms with Crippen molar-refractivity contribution in [1.29, 1.82) is 0 Å². The first-order valence-electron chi connectivity index (χ1n) is 5.83. The SMILES string of the molecule is CC(=O)N1CCN(c2ccnc(N)n2)C[C@H](O)C1. The van der Waals surface area contributed by atoms with Gasteiger partial charge in [0.1, 0.15) is 5.82 Å². The molecule has 1 aliphatic rings. The maximum Gasteiger partial charge on any atom is 0.221 e. The summed E-state index contributed by atoms with van der Waals surface area (Å²) in [5.41, 5.74) is 5.54. The molecular weight excluding hydrogens is 234 g/mol. The zero-order valence-corrected chi connectivity index (χ0v) is 10.3. The molecule has 1 aliphatic heterocycles. The van der Waals surface area contributed by atoms with Crippen LogP contribution in [0.15, 0.2) is 12.3 Å². The predicted octanol–water partition coefficient (Wildman–Crippen LogP) is -0.912. The van der Waals surface area contributed by atoms with E-state index in [4.69, 9.17) is 5.73 Å². The molecule has 1 aromatic heterocycles. The Balaban J connectivity index is 2.13. The number of nitrogens with two attached hydrogens (primary N) is 1. The highest BCUT2D eigenvalue weighted by Crippen LogP contribution is 2.14. The van der Waals surface area contributed by atoms with Gasteiger partial charge in [0, 0.05) is 39.3 Å². The smallest absolute Gasteiger partial charge is 0.221 e. The number of β-amino-alcohol motifs (C(OH)–C–C–N with tert-alkyl or cyclic N) is 1. The van der Waals surface area contributed by atoms with Gasteiger partial charge in [0.2, 0.25) is 11.9 Å². The van der Waals surface area contributed by atoms with Gasteiger partial charge in [-0.05, 0) is 6.07 Å². The van der Waals surface area contributed by atoms with Crippen LogP contribution in [0.4, 0.5) is 11.8 Å². The third kappa shape index (κ3) is 2.86. The second-order valence-corrected chi connectivity index (χ2v) is 4.34. The standard InChI is InChI=1S/C11H17N5O2/c1-8(17)15-4-5-16(7-9(18)6-15)10-2-3-13-11(12)14-10/h2-3,9,18H,4-7H2,1H3,(H2,12,13,14)/t9-/m1/s1. The van der Waals surface area contributed by atoms with Crippen molar-refractivity contribution in [2.75, 3.05) is 36.8 Å². The van der Waals surface area contributed by atoms with Gasteiger partial charge in [0.25, 0.3) is 0 Å². The van der Waals surface area contributed by atoms with Gasteiger partial charge in [-0.1, -0.05) is 0 Å². The highest BCUT2D eigenvalue weighted by Gasteiger charge is 2.23. The average Bonchev–Trinajstić information content (AvgIpc) is 2.51. The van der Waals surface area contributed by atoms with Crippen LogP contribution in [0, 0.1) is 0 Å². The van der Waals surface area contributed by atoms with E-state index in [-0.39, 0.29) is 11.9 Å². The van der Waals surface area contributed by atoms with Crippen LogP contribution < -0.4 is 10.6 Å². The Morgan fingerprint density at radius 2 is 2.28 bits per heavy atom. The Bertz CT molecular complexity index is 439. The van der Waals surface area contributed by atoms with Crippen LogP contribution in [0.25, 0.3) is 0 Å². The van der Waals surface area contributed by atoms with Crippen molar-refractivity contribution in [3.63, 3.8) is 0 Å². The molecule has 98 valence electrons. The van der Waals surface area contributed by atoms with Crippen molar-refractivity contribution in [3.05, 3.63) is 12.3 Å². The van der Waals surface area contributed by atoms with Gasteiger partial charge in [-0.3, -0.25) is 4.79 Å². The fourth-order valence-corrected chi connectivity index (χ4v) is 2.02. The van der Waals surface area contributed by atoms with Crippen LogP contribution in [-0.2, 0) is 4.79 Å². The molecule has 0 aliphatic carbocycles. The summed E-state index contributed by atoms with van der Waals surface area (Å²) in [7, 11) is 0. The molecular formula is C11H17N5O2. The van der Waals surface area contributed by atoms with Gasteiger partial charge >= 0.3 is 0 Å².